The lowest BCUT2D eigenvalue weighted by atomic mass is 9.81. The van der Waals surface area contributed by atoms with Gasteiger partial charge in [0.15, 0.2) is 0 Å². The highest BCUT2D eigenvalue weighted by Gasteiger charge is 2.42. The van der Waals surface area contributed by atoms with Crippen molar-refractivity contribution in [2.24, 2.45) is 5.41 Å². The molecule has 2 N–H and O–H groups in total. The molecule has 1 aromatic carbocycles. The molecule has 2 rings (SSSR count). The molecule has 5 nitrogen and oxygen atoms in total. The lowest BCUT2D eigenvalue weighted by Gasteiger charge is -2.27. The molecule has 2 amide bonds. The quantitative estimate of drug-likeness (QED) is 0.760. The first-order valence-corrected chi connectivity index (χ1v) is 8.19. The summed E-state index contributed by atoms with van der Waals surface area (Å²) in [6, 6.07) is 7.68. The highest BCUT2D eigenvalue weighted by atomic mass is 16.5. The fourth-order valence-corrected chi connectivity index (χ4v) is 3.14. The zero-order chi connectivity index (χ0) is 16.7. The van der Waals surface area contributed by atoms with Crippen molar-refractivity contribution >= 4 is 17.5 Å². The summed E-state index contributed by atoms with van der Waals surface area (Å²) in [5.41, 5.74) is 1.35. The predicted octanol–water partition coefficient (Wildman–Crippen LogP) is 2.65. The largest absolute Gasteiger partial charge is 0.383 e. The molecule has 1 saturated carbocycles. The third kappa shape index (κ3) is 4.79. The zero-order valence-electron chi connectivity index (χ0n) is 14.0. The molecule has 0 aliphatic heterocycles. The van der Waals surface area contributed by atoms with Crippen LogP contribution < -0.4 is 10.6 Å². The molecule has 126 valence electrons. The monoisotopic (exact) mass is 318 g/mol. The van der Waals surface area contributed by atoms with Crippen LogP contribution in [-0.2, 0) is 14.3 Å². The first-order chi connectivity index (χ1) is 11.1. The maximum Gasteiger partial charge on any atom is 0.226 e. The van der Waals surface area contributed by atoms with Crippen molar-refractivity contribution in [2.45, 2.75) is 39.0 Å². The Hall–Kier alpha value is -1.88. The van der Waals surface area contributed by atoms with Crippen LogP contribution in [0.1, 0.15) is 37.7 Å². The van der Waals surface area contributed by atoms with E-state index in [0.29, 0.717) is 13.2 Å². The van der Waals surface area contributed by atoms with Gasteiger partial charge in [0.05, 0.1) is 12.0 Å². The van der Waals surface area contributed by atoms with Crippen molar-refractivity contribution in [1.29, 1.82) is 0 Å². The van der Waals surface area contributed by atoms with E-state index >= 15 is 0 Å². The molecule has 0 aromatic heterocycles. The standard InChI is InChI=1S/C18H26N2O3/c1-14-5-7-15(8-6-14)20-16(21)13-18(9-3-4-10-18)17(22)19-11-12-23-2/h5-8H,3-4,9-13H2,1-2H3,(H,19,22)(H,20,21). The first kappa shape index (κ1) is 17.5. The molecule has 0 atom stereocenters. The van der Waals surface area contributed by atoms with Crippen molar-refractivity contribution in [3.8, 4) is 0 Å². The van der Waals surface area contributed by atoms with Gasteiger partial charge in [-0.15, -0.1) is 0 Å². The van der Waals surface area contributed by atoms with E-state index in [0.717, 1.165) is 36.9 Å². The van der Waals surface area contributed by atoms with Gasteiger partial charge in [-0.25, -0.2) is 0 Å². The molecule has 0 saturated heterocycles. The van der Waals surface area contributed by atoms with Crippen LogP contribution in [0.5, 0.6) is 0 Å². The second-order valence-electron chi connectivity index (χ2n) is 6.33. The number of anilines is 1. The minimum Gasteiger partial charge on any atom is -0.383 e. The Morgan fingerprint density at radius 1 is 1.17 bits per heavy atom. The highest BCUT2D eigenvalue weighted by Crippen LogP contribution is 2.41. The van der Waals surface area contributed by atoms with Gasteiger partial charge < -0.3 is 15.4 Å². The second-order valence-corrected chi connectivity index (χ2v) is 6.33. The molecule has 23 heavy (non-hydrogen) atoms. The average Bonchev–Trinajstić information content (AvgIpc) is 2.99. The molecule has 5 heteroatoms. The van der Waals surface area contributed by atoms with Crippen molar-refractivity contribution < 1.29 is 14.3 Å². The molecule has 0 bridgehead atoms. The van der Waals surface area contributed by atoms with E-state index in [9.17, 15) is 9.59 Å². The molecule has 0 spiro atoms. The summed E-state index contributed by atoms with van der Waals surface area (Å²) in [7, 11) is 1.60. The summed E-state index contributed by atoms with van der Waals surface area (Å²) < 4.78 is 4.96. The van der Waals surface area contributed by atoms with E-state index < -0.39 is 5.41 Å². The molecule has 1 aliphatic carbocycles. The van der Waals surface area contributed by atoms with Crippen molar-refractivity contribution in [3.63, 3.8) is 0 Å². The molecular weight excluding hydrogens is 292 g/mol. The van der Waals surface area contributed by atoms with E-state index in [2.05, 4.69) is 10.6 Å². The highest BCUT2D eigenvalue weighted by molar-refractivity contribution is 5.95. The number of hydrogen-bond acceptors (Lipinski definition) is 3. The van der Waals surface area contributed by atoms with Crippen LogP contribution in [0.3, 0.4) is 0 Å². The third-order valence-corrected chi connectivity index (χ3v) is 4.47. The van der Waals surface area contributed by atoms with Crippen molar-refractivity contribution in [3.05, 3.63) is 29.8 Å². The molecular formula is C18H26N2O3. The normalized spacial score (nSPS) is 16.1. The minimum absolute atomic E-state index is 0.0221. The maximum atomic E-state index is 12.5. The topological polar surface area (TPSA) is 67.4 Å². The Morgan fingerprint density at radius 2 is 1.83 bits per heavy atom. The van der Waals surface area contributed by atoms with Crippen LogP contribution in [0.25, 0.3) is 0 Å². The van der Waals surface area contributed by atoms with Crippen LogP contribution in [0.15, 0.2) is 24.3 Å². The van der Waals surface area contributed by atoms with Gasteiger partial charge in [0.2, 0.25) is 11.8 Å². The van der Waals surface area contributed by atoms with Gasteiger partial charge in [-0.2, -0.15) is 0 Å². The van der Waals surface area contributed by atoms with E-state index in [-0.39, 0.29) is 18.2 Å². The van der Waals surface area contributed by atoms with Crippen LogP contribution >= 0.6 is 0 Å². The summed E-state index contributed by atoms with van der Waals surface area (Å²) in [6.07, 6.45) is 3.77. The van der Waals surface area contributed by atoms with Crippen LogP contribution in [-0.4, -0.2) is 32.1 Å². The molecule has 1 aromatic rings. The summed E-state index contributed by atoms with van der Waals surface area (Å²) in [6.45, 7) is 2.97. The average molecular weight is 318 g/mol. The van der Waals surface area contributed by atoms with E-state index in [4.69, 9.17) is 4.74 Å². The molecule has 0 unspecified atom stereocenters. The van der Waals surface area contributed by atoms with Gasteiger partial charge in [0, 0.05) is 25.8 Å². The van der Waals surface area contributed by atoms with E-state index in [1.165, 1.54) is 0 Å². The fourth-order valence-electron chi connectivity index (χ4n) is 3.14. The van der Waals surface area contributed by atoms with Gasteiger partial charge in [-0.05, 0) is 31.9 Å². The van der Waals surface area contributed by atoms with Crippen molar-refractivity contribution in [2.75, 3.05) is 25.6 Å². The van der Waals surface area contributed by atoms with E-state index in [1.54, 1.807) is 7.11 Å². The van der Waals surface area contributed by atoms with Crippen LogP contribution in [0.4, 0.5) is 5.69 Å². The lowest BCUT2D eigenvalue weighted by molar-refractivity contribution is -0.135. The molecule has 1 fully saturated rings. The van der Waals surface area contributed by atoms with Crippen LogP contribution in [0, 0.1) is 12.3 Å². The third-order valence-electron chi connectivity index (χ3n) is 4.47. The Morgan fingerprint density at radius 3 is 2.43 bits per heavy atom. The Bertz CT molecular complexity index is 534. The Labute approximate surface area is 137 Å². The number of amides is 2. The maximum absolute atomic E-state index is 12.5. The molecule has 0 heterocycles. The number of benzene rings is 1. The number of hydrogen-bond donors (Lipinski definition) is 2. The number of carbonyl (C=O) groups is 2. The number of rotatable bonds is 7. The lowest BCUT2D eigenvalue weighted by Crippen LogP contribution is -2.42. The number of nitrogens with one attached hydrogen (secondary N) is 2. The van der Waals surface area contributed by atoms with Crippen molar-refractivity contribution in [1.82, 2.24) is 5.32 Å². The van der Waals surface area contributed by atoms with Gasteiger partial charge in [0.1, 0.15) is 0 Å². The summed E-state index contributed by atoms with van der Waals surface area (Å²) >= 11 is 0. The van der Waals surface area contributed by atoms with Gasteiger partial charge in [-0.3, -0.25) is 9.59 Å². The van der Waals surface area contributed by atoms with E-state index in [1.807, 2.05) is 31.2 Å². The summed E-state index contributed by atoms with van der Waals surface area (Å²) in [5, 5.41) is 5.80. The molecule has 1 aliphatic rings. The van der Waals surface area contributed by atoms with Gasteiger partial charge in [-0.1, -0.05) is 30.5 Å². The van der Waals surface area contributed by atoms with Gasteiger partial charge in [0.25, 0.3) is 0 Å². The van der Waals surface area contributed by atoms with Gasteiger partial charge >= 0.3 is 0 Å². The number of methoxy groups -OCH3 is 1. The SMILES string of the molecule is COCCNC(=O)C1(CC(=O)Nc2ccc(C)cc2)CCCC1. The summed E-state index contributed by atoms with van der Waals surface area (Å²) in [4.78, 5) is 24.9. The summed E-state index contributed by atoms with van der Waals surface area (Å²) in [5.74, 6) is -0.122. The van der Waals surface area contributed by atoms with Crippen LogP contribution in [0.2, 0.25) is 0 Å². The first-order valence-electron chi connectivity index (χ1n) is 8.19. The Balaban J connectivity index is 1.96. The zero-order valence-corrected chi connectivity index (χ0v) is 14.0. The number of carbonyl (C=O) groups excluding carboxylic acids is 2. The smallest absolute Gasteiger partial charge is 0.226 e. The number of ether oxygens (including phenoxy) is 1. The minimum atomic E-state index is -0.567. The second kappa shape index (κ2) is 8.11. The Kier molecular flexibility index (Phi) is 6.16. The predicted molar refractivity (Wildman–Crippen MR) is 90.2 cm³/mol. The fraction of sp³-hybridized carbons (Fsp3) is 0.556. The number of aryl methyl sites for hydroxylation is 1. The molecule has 0 radical (unpaired) electrons.